The minimum Gasteiger partial charge on any atom is -0.303 e. The van der Waals surface area contributed by atoms with Crippen LogP contribution < -0.4 is 10.9 Å². The minimum atomic E-state index is -0.304. The van der Waals surface area contributed by atoms with Crippen LogP contribution in [-0.4, -0.2) is 10.9 Å². The highest BCUT2D eigenvalue weighted by atomic mass is 19.1. The summed E-state index contributed by atoms with van der Waals surface area (Å²) in [5, 5.41) is 0.776. The number of nitrogens with one attached hydrogen (secondary N) is 2. The summed E-state index contributed by atoms with van der Waals surface area (Å²) < 4.78 is 13.3. The third-order valence-electron chi connectivity index (χ3n) is 5.16. The number of pyridine rings is 1. The Balaban J connectivity index is 1.67. The number of halogens is 1. The van der Waals surface area contributed by atoms with Gasteiger partial charge in [0.1, 0.15) is 5.82 Å². The summed E-state index contributed by atoms with van der Waals surface area (Å²) in [6.45, 7) is 2.15. The zero-order valence-electron chi connectivity index (χ0n) is 15.7. The van der Waals surface area contributed by atoms with Gasteiger partial charge in [-0.2, -0.15) is 0 Å². The number of allylic oxidation sites excluding steroid dienone is 2. The number of amides is 1. The van der Waals surface area contributed by atoms with Crippen LogP contribution in [0.4, 0.5) is 4.39 Å². The normalized spacial score (nSPS) is 16.5. The van der Waals surface area contributed by atoms with Crippen molar-refractivity contribution in [2.45, 2.75) is 26.2 Å². The van der Waals surface area contributed by atoms with Crippen molar-refractivity contribution in [3.8, 4) is 11.3 Å². The van der Waals surface area contributed by atoms with Crippen molar-refractivity contribution in [3.63, 3.8) is 0 Å². The van der Waals surface area contributed by atoms with E-state index in [-0.39, 0.29) is 11.7 Å². The maximum Gasteiger partial charge on any atom is 0.270 e. The predicted octanol–water partition coefficient (Wildman–Crippen LogP) is 4.98. The number of hydrogen-bond acceptors (Lipinski definition) is 3. The fourth-order valence-electron chi connectivity index (χ4n) is 3.54. The van der Waals surface area contributed by atoms with Crippen molar-refractivity contribution < 1.29 is 9.18 Å². The van der Waals surface area contributed by atoms with Crippen LogP contribution in [0, 0.1) is 11.7 Å². The number of rotatable bonds is 4. The molecule has 0 fully saturated rings. The van der Waals surface area contributed by atoms with Gasteiger partial charge in [0, 0.05) is 16.6 Å². The van der Waals surface area contributed by atoms with Gasteiger partial charge in [-0.3, -0.25) is 10.2 Å². The van der Waals surface area contributed by atoms with E-state index >= 15 is 0 Å². The Kier molecular flexibility index (Phi) is 5.06. The molecule has 4 rings (SSSR count). The second kappa shape index (κ2) is 7.80. The molecule has 0 saturated carbocycles. The lowest BCUT2D eigenvalue weighted by atomic mass is 9.94. The first kappa shape index (κ1) is 18.2. The number of hydrogen-bond donors (Lipinski definition) is 2. The van der Waals surface area contributed by atoms with Crippen LogP contribution in [0.2, 0.25) is 0 Å². The third-order valence-corrected chi connectivity index (χ3v) is 5.16. The second-order valence-corrected chi connectivity index (χ2v) is 7.15. The average molecular weight is 375 g/mol. The summed E-state index contributed by atoms with van der Waals surface area (Å²) in [4.78, 5) is 17.6. The number of carbonyl (C=O) groups is 1. The lowest BCUT2D eigenvalue weighted by Crippen LogP contribution is -2.39. The van der Waals surface area contributed by atoms with Crippen LogP contribution >= 0.6 is 0 Å². The topological polar surface area (TPSA) is 54.0 Å². The van der Waals surface area contributed by atoms with Gasteiger partial charge < -0.3 is 5.43 Å². The first-order valence-corrected chi connectivity index (χ1v) is 9.54. The molecule has 5 heteroatoms. The van der Waals surface area contributed by atoms with Crippen LogP contribution in [0.15, 0.2) is 66.4 Å². The summed E-state index contributed by atoms with van der Waals surface area (Å²) in [7, 11) is 0. The molecule has 0 bridgehead atoms. The van der Waals surface area contributed by atoms with E-state index in [1.165, 1.54) is 18.6 Å². The Hall–Kier alpha value is -3.21. The highest BCUT2D eigenvalue weighted by molar-refractivity contribution is 6.07. The van der Waals surface area contributed by atoms with Crippen molar-refractivity contribution >= 4 is 16.8 Å². The number of para-hydroxylation sites is 1. The molecular weight excluding hydrogens is 353 g/mol. The van der Waals surface area contributed by atoms with Gasteiger partial charge in [-0.1, -0.05) is 31.2 Å². The molecule has 3 aromatic rings. The average Bonchev–Trinajstić information content (AvgIpc) is 2.72. The monoisotopic (exact) mass is 375 g/mol. The molecule has 2 N–H and O–H groups in total. The van der Waals surface area contributed by atoms with Crippen LogP contribution in [0.5, 0.6) is 0 Å². The molecular formula is C23H22FN3O. The quantitative estimate of drug-likeness (QED) is 0.633. The number of nitrogens with zero attached hydrogens (tertiary/aromatic N) is 1. The van der Waals surface area contributed by atoms with Crippen molar-refractivity contribution in [1.82, 2.24) is 15.8 Å². The fourth-order valence-corrected chi connectivity index (χ4v) is 3.54. The van der Waals surface area contributed by atoms with E-state index in [0.29, 0.717) is 17.2 Å². The van der Waals surface area contributed by atoms with Gasteiger partial charge in [0.15, 0.2) is 0 Å². The van der Waals surface area contributed by atoms with Gasteiger partial charge >= 0.3 is 0 Å². The maximum absolute atomic E-state index is 13.3. The number of aromatic nitrogens is 1. The molecule has 1 atom stereocenters. The van der Waals surface area contributed by atoms with E-state index in [0.717, 1.165) is 35.0 Å². The summed E-state index contributed by atoms with van der Waals surface area (Å²) in [5.74, 6) is -0.125. The molecule has 1 heterocycles. The lowest BCUT2D eigenvalue weighted by molar-refractivity contribution is 0.0938. The zero-order chi connectivity index (χ0) is 19.5. The molecule has 4 nitrogen and oxygen atoms in total. The van der Waals surface area contributed by atoms with Crippen molar-refractivity contribution in [2.24, 2.45) is 5.92 Å². The fraction of sp³-hybridized carbons (Fsp3) is 0.217. The second-order valence-electron chi connectivity index (χ2n) is 7.15. The minimum absolute atomic E-state index is 0.222. The van der Waals surface area contributed by atoms with E-state index in [1.54, 1.807) is 18.2 Å². The predicted molar refractivity (Wildman–Crippen MR) is 109 cm³/mol. The number of benzene rings is 2. The molecule has 1 amide bonds. The summed E-state index contributed by atoms with van der Waals surface area (Å²) in [5.41, 5.74) is 9.63. The van der Waals surface area contributed by atoms with E-state index in [9.17, 15) is 9.18 Å². The van der Waals surface area contributed by atoms with Crippen LogP contribution in [0.25, 0.3) is 22.2 Å². The third kappa shape index (κ3) is 3.74. The molecule has 28 heavy (non-hydrogen) atoms. The van der Waals surface area contributed by atoms with Crippen LogP contribution in [0.3, 0.4) is 0 Å². The van der Waals surface area contributed by atoms with Gasteiger partial charge in [0.2, 0.25) is 0 Å². The smallest absolute Gasteiger partial charge is 0.270 e. The van der Waals surface area contributed by atoms with Crippen molar-refractivity contribution in [3.05, 3.63) is 77.8 Å². The van der Waals surface area contributed by atoms with E-state index < -0.39 is 0 Å². The van der Waals surface area contributed by atoms with Gasteiger partial charge in [-0.05, 0) is 61.6 Å². The largest absolute Gasteiger partial charge is 0.303 e. The highest BCUT2D eigenvalue weighted by Gasteiger charge is 2.16. The van der Waals surface area contributed by atoms with Crippen LogP contribution in [0.1, 0.15) is 36.5 Å². The Bertz CT molecular complexity index is 1040. The maximum atomic E-state index is 13.3. The number of carbonyl (C=O) groups excluding carboxylic acids is 1. The van der Waals surface area contributed by atoms with Crippen LogP contribution in [-0.2, 0) is 0 Å². The Morgan fingerprint density at radius 1 is 1.14 bits per heavy atom. The molecule has 1 aromatic heterocycles. The molecule has 1 aliphatic rings. The van der Waals surface area contributed by atoms with Gasteiger partial charge in [-0.15, -0.1) is 0 Å². The summed E-state index contributed by atoms with van der Waals surface area (Å²) >= 11 is 0. The molecule has 0 spiro atoms. The van der Waals surface area contributed by atoms with Gasteiger partial charge in [-0.25, -0.2) is 9.37 Å². The summed E-state index contributed by atoms with van der Waals surface area (Å²) in [6.07, 6.45) is 5.45. The summed E-state index contributed by atoms with van der Waals surface area (Å²) in [6, 6.07) is 15.4. The molecule has 0 unspecified atom stereocenters. The first-order chi connectivity index (χ1) is 13.6. The van der Waals surface area contributed by atoms with Crippen molar-refractivity contribution in [1.29, 1.82) is 0 Å². The Labute approximate surface area is 163 Å². The Morgan fingerprint density at radius 2 is 1.93 bits per heavy atom. The highest BCUT2D eigenvalue weighted by Crippen LogP contribution is 2.25. The number of hydrazine groups is 1. The lowest BCUT2D eigenvalue weighted by Gasteiger charge is -2.22. The standard InChI is InChI=1S/C23H22FN3O/c1-15-6-2-4-8-20(15)26-27-23(28)19-14-22(16-10-12-17(24)13-11-16)25-21-9-5-3-7-18(19)21/h3,5,7-15,26H,2,4,6H2,1H3,(H,27,28)/t15-/m0/s1. The molecule has 0 aliphatic heterocycles. The molecule has 0 saturated heterocycles. The van der Waals surface area contributed by atoms with E-state index in [2.05, 4.69) is 28.8 Å². The van der Waals surface area contributed by atoms with E-state index in [1.807, 2.05) is 24.3 Å². The first-order valence-electron chi connectivity index (χ1n) is 9.54. The van der Waals surface area contributed by atoms with E-state index in [4.69, 9.17) is 0 Å². The molecule has 2 aromatic carbocycles. The number of fused-ring (bicyclic) bond motifs is 1. The van der Waals surface area contributed by atoms with Crippen molar-refractivity contribution in [2.75, 3.05) is 0 Å². The SMILES string of the molecule is C[C@H]1CCCC=C1NNC(=O)c1cc(-c2ccc(F)cc2)nc2ccccc12. The Morgan fingerprint density at radius 3 is 2.71 bits per heavy atom. The molecule has 1 aliphatic carbocycles. The van der Waals surface area contributed by atoms with Gasteiger partial charge in [0.25, 0.3) is 5.91 Å². The van der Waals surface area contributed by atoms with Gasteiger partial charge in [0.05, 0.1) is 16.8 Å². The molecule has 0 radical (unpaired) electrons. The zero-order valence-corrected chi connectivity index (χ0v) is 15.7. The molecule has 142 valence electrons.